The molecule has 1 saturated carbocycles. The van der Waals surface area contributed by atoms with E-state index in [0.717, 1.165) is 24.8 Å². The molecule has 1 aromatic carbocycles. The van der Waals surface area contributed by atoms with Crippen molar-refractivity contribution in [3.63, 3.8) is 0 Å². The van der Waals surface area contributed by atoms with Gasteiger partial charge >= 0.3 is 5.97 Å². The fraction of sp³-hybridized carbons (Fsp3) is 0.417. The van der Waals surface area contributed by atoms with Crippen LogP contribution in [0.1, 0.15) is 24.8 Å². The van der Waals surface area contributed by atoms with E-state index in [2.05, 4.69) is 0 Å². The van der Waals surface area contributed by atoms with E-state index >= 15 is 0 Å². The second-order valence-electron chi connectivity index (χ2n) is 3.97. The highest BCUT2D eigenvalue weighted by molar-refractivity contribution is 7.98. The van der Waals surface area contributed by atoms with Gasteiger partial charge in [0.1, 0.15) is 0 Å². The van der Waals surface area contributed by atoms with Crippen molar-refractivity contribution in [1.82, 2.24) is 0 Å². The number of benzene rings is 1. The summed E-state index contributed by atoms with van der Waals surface area (Å²) in [6, 6.07) is 7.92. The fourth-order valence-corrected chi connectivity index (χ4v) is 2.47. The Morgan fingerprint density at radius 2 is 1.93 bits per heavy atom. The zero-order valence-electron chi connectivity index (χ0n) is 8.69. The van der Waals surface area contributed by atoms with Gasteiger partial charge in [-0.25, -0.2) is 0 Å². The van der Waals surface area contributed by atoms with Crippen molar-refractivity contribution in [2.24, 2.45) is 0 Å². The van der Waals surface area contributed by atoms with Crippen LogP contribution in [0.3, 0.4) is 0 Å². The molecule has 2 nitrogen and oxygen atoms in total. The quantitative estimate of drug-likeness (QED) is 0.799. The van der Waals surface area contributed by atoms with Gasteiger partial charge in [0.15, 0.2) is 0 Å². The Kier molecular flexibility index (Phi) is 2.74. The number of hydrogen-bond acceptors (Lipinski definition) is 2. The van der Waals surface area contributed by atoms with Crippen LogP contribution < -0.4 is 0 Å². The van der Waals surface area contributed by atoms with Gasteiger partial charge in [0, 0.05) is 4.90 Å². The lowest BCUT2D eigenvalue weighted by atomic mass is 9.64. The first-order valence-electron chi connectivity index (χ1n) is 5.07. The minimum Gasteiger partial charge on any atom is -0.481 e. The molecule has 15 heavy (non-hydrogen) atoms. The SMILES string of the molecule is CSc1ccc(C2(C(=O)O)CCC2)cc1. The molecule has 1 aliphatic carbocycles. The maximum atomic E-state index is 11.3. The van der Waals surface area contributed by atoms with E-state index < -0.39 is 11.4 Å². The van der Waals surface area contributed by atoms with Gasteiger partial charge in [-0.15, -0.1) is 11.8 Å². The molecule has 1 aliphatic rings. The van der Waals surface area contributed by atoms with Crippen LogP contribution in [0.5, 0.6) is 0 Å². The molecule has 0 atom stereocenters. The lowest BCUT2D eigenvalue weighted by Crippen LogP contribution is -2.42. The Balaban J connectivity index is 2.31. The van der Waals surface area contributed by atoms with Crippen LogP contribution in [-0.2, 0) is 10.2 Å². The third-order valence-corrected chi connectivity index (χ3v) is 4.00. The maximum Gasteiger partial charge on any atom is 0.314 e. The Morgan fingerprint density at radius 1 is 1.33 bits per heavy atom. The lowest BCUT2D eigenvalue weighted by Gasteiger charge is -2.38. The molecular weight excluding hydrogens is 208 g/mol. The van der Waals surface area contributed by atoms with Crippen molar-refractivity contribution in [1.29, 1.82) is 0 Å². The molecule has 1 fully saturated rings. The molecule has 0 aliphatic heterocycles. The highest BCUT2D eigenvalue weighted by Gasteiger charge is 2.45. The van der Waals surface area contributed by atoms with Gasteiger partial charge in [-0.05, 0) is 36.8 Å². The zero-order chi connectivity index (χ0) is 10.9. The summed E-state index contributed by atoms with van der Waals surface area (Å²) in [6.45, 7) is 0. The van der Waals surface area contributed by atoms with Gasteiger partial charge in [0.2, 0.25) is 0 Å². The van der Waals surface area contributed by atoms with Crippen LogP contribution >= 0.6 is 11.8 Å². The molecule has 0 heterocycles. The lowest BCUT2D eigenvalue weighted by molar-refractivity contribution is -0.147. The minimum atomic E-state index is -0.675. The van der Waals surface area contributed by atoms with E-state index in [9.17, 15) is 9.90 Å². The number of hydrogen-bond donors (Lipinski definition) is 1. The predicted molar refractivity (Wildman–Crippen MR) is 61.4 cm³/mol. The number of carboxylic acids is 1. The molecule has 0 radical (unpaired) electrons. The first-order chi connectivity index (χ1) is 7.19. The van der Waals surface area contributed by atoms with Gasteiger partial charge < -0.3 is 5.11 Å². The molecule has 0 amide bonds. The van der Waals surface area contributed by atoms with Crippen LogP contribution in [0.25, 0.3) is 0 Å². The molecule has 0 aromatic heterocycles. The second kappa shape index (κ2) is 3.89. The molecule has 0 spiro atoms. The monoisotopic (exact) mass is 222 g/mol. The molecule has 0 bridgehead atoms. The zero-order valence-corrected chi connectivity index (χ0v) is 9.51. The molecule has 80 valence electrons. The maximum absolute atomic E-state index is 11.3. The average Bonchev–Trinajstić information content (AvgIpc) is 2.16. The van der Waals surface area contributed by atoms with Gasteiger partial charge in [0.25, 0.3) is 0 Å². The van der Waals surface area contributed by atoms with Crippen LogP contribution in [0.2, 0.25) is 0 Å². The van der Waals surface area contributed by atoms with Gasteiger partial charge in [-0.2, -0.15) is 0 Å². The minimum absolute atomic E-state index is 0.586. The van der Waals surface area contributed by atoms with Gasteiger partial charge in [-0.3, -0.25) is 4.79 Å². The molecule has 2 rings (SSSR count). The second-order valence-corrected chi connectivity index (χ2v) is 4.85. The van der Waals surface area contributed by atoms with Crippen molar-refractivity contribution in [2.75, 3.05) is 6.26 Å². The summed E-state index contributed by atoms with van der Waals surface area (Å²) in [5, 5.41) is 9.26. The highest BCUT2D eigenvalue weighted by atomic mass is 32.2. The molecule has 1 aromatic rings. The number of carbonyl (C=O) groups is 1. The smallest absolute Gasteiger partial charge is 0.314 e. The first kappa shape index (κ1) is 10.6. The van der Waals surface area contributed by atoms with Crippen molar-refractivity contribution in [2.45, 2.75) is 29.6 Å². The van der Waals surface area contributed by atoms with E-state index in [-0.39, 0.29) is 0 Å². The third-order valence-electron chi connectivity index (χ3n) is 3.26. The summed E-state index contributed by atoms with van der Waals surface area (Å²) in [4.78, 5) is 12.4. The Bertz CT molecular complexity index is 366. The standard InChI is InChI=1S/C12H14O2S/c1-15-10-5-3-9(4-6-10)12(11(13)14)7-2-8-12/h3-6H,2,7-8H2,1H3,(H,13,14). The van der Waals surface area contributed by atoms with E-state index in [1.165, 1.54) is 4.90 Å². The van der Waals surface area contributed by atoms with E-state index in [1.807, 2.05) is 30.5 Å². The number of aliphatic carboxylic acids is 1. The first-order valence-corrected chi connectivity index (χ1v) is 6.29. The Hall–Kier alpha value is -0.960. The number of carboxylic acid groups (broad SMARTS) is 1. The van der Waals surface area contributed by atoms with Crippen LogP contribution in [-0.4, -0.2) is 17.3 Å². The number of rotatable bonds is 3. The summed E-state index contributed by atoms with van der Waals surface area (Å²) < 4.78 is 0. The Labute approximate surface area is 93.7 Å². The van der Waals surface area contributed by atoms with E-state index in [1.54, 1.807) is 11.8 Å². The van der Waals surface area contributed by atoms with Crippen molar-refractivity contribution < 1.29 is 9.90 Å². The van der Waals surface area contributed by atoms with Gasteiger partial charge in [0.05, 0.1) is 5.41 Å². The third kappa shape index (κ3) is 1.65. The fourth-order valence-electron chi connectivity index (χ4n) is 2.07. The molecule has 0 saturated heterocycles. The topological polar surface area (TPSA) is 37.3 Å². The number of thioether (sulfide) groups is 1. The summed E-state index contributed by atoms with van der Waals surface area (Å²) in [6.07, 6.45) is 4.60. The predicted octanol–water partition coefficient (Wildman–Crippen LogP) is 2.91. The normalized spacial score (nSPS) is 18.2. The highest BCUT2D eigenvalue weighted by Crippen LogP contribution is 2.44. The summed E-state index contributed by atoms with van der Waals surface area (Å²) in [5.74, 6) is -0.675. The molecule has 3 heteroatoms. The van der Waals surface area contributed by atoms with E-state index in [0.29, 0.717) is 0 Å². The Morgan fingerprint density at radius 3 is 2.27 bits per heavy atom. The van der Waals surface area contributed by atoms with Crippen molar-refractivity contribution in [3.8, 4) is 0 Å². The summed E-state index contributed by atoms with van der Waals surface area (Å²) in [5.41, 5.74) is 0.371. The van der Waals surface area contributed by atoms with Crippen LogP contribution in [0.4, 0.5) is 0 Å². The van der Waals surface area contributed by atoms with Crippen molar-refractivity contribution >= 4 is 17.7 Å². The summed E-state index contributed by atoms with van der Waals surface area (Å²) in [7, 11) is 0. The molecule has 0 unspecified atom stereocenters. The van der Waals surface area contributed by atoms with Crippen LogP contribution in [0, 0.1) is 0 Å². The van der Waals surface area contributed by atoms with Gasteiger partial charge in [-0.1, -0.05) is 18.6 Å². The molecule has 1 N–H and O–H groups in total. The molecular formula is C12H14O2S. The van der Waals surface area contributed by atoms with E-state index in [4.69, 9.17) is 0 Å². The van der Waals surface area contributed by atoms with Crippen molar-refractivity contribution in [3.05, 3.63) is 29.8 Å². The largest absolute Gasteiger partial charge is 0.481 e. The van der Waals surface area contributed by atoms with Crippen LogP contribution in [0.15, 0.2) is 29.2 Å². The average molecular weight is 222 g/mol. The summed E-state index contributed by atoms with van der Waals surface area (Å²) >= 11 is 1.67.